The Hall–Kier alpha value is -2.73. The minimum Gasteiger partial charge on any atom is -0.504 e. The summed E-state index contributed by atoms with van der Waals surface area (Å²) < 4.78 is 10.2. The molecule has 6 nitrogen and oxygen atoms in total. The van der Waals surface area contributed by atoms with Gasteiger partial charge in [0.15, 0.2) is 11.5 Å². The zero-order valence-electron chi connectivity index (χ0n) is 11.8. The van der Waals surface area contributed by atoms with E-state index in [1.807, 2.05) is 6.07 Å². The quantitative estimate of drug-likeness (QED) is 0.425. The number of esters is 1. The summed E-state index contributed by atoms with van der Waals surface area (Å²) in [5.41, 5.74) is 6.36. The molecule has 0 unspecified atom stereocenters. The van der Waals surface area contributed by atoms with Gasteiger partial charge in [-0.05, 0) is 36.2 Å². The van der Waals surface area contributed by atoms with E-state index in [0.717, 1.165) is 0 Å². The zero-order chi connectivity index (χ0) is 15.9. The van der Waals surface area contributed by atoms with Crippen LogP contribution in [0.4, 0.5) is 0 Å². The van der Waals surface area contributed by atoms with Crippen LogP contribution in [-0.4, -0.2) is 29.0 Å². The van der Waals surface area contributed by atoms with Crippen LogP contribution >= 0.6 is 0 Å². The van der Waals surface area contributed by atoms with Crippen molar-refractivity contribution in [2.75, 3.05) is 6.79 Å². The van der Waals surface area contributed by atoms with Gasteiger partial charge in [0, 0.05) is 0 Å². The first-order valence-corrected chi connectivity index (χ1v) is 6.67. The second-order valence-corrected chi connectivity index (χ2v) is 4.67. The zero-order valence-corrected chi connectivity index (χ0v) is 11.8. The highest BCUT2D eigenvalue weighted by Crippen LogP contribution is 2.25. The van der Waals surface area contributed by atoms with Gasteiger partial charge in [0.2, 0.25) is 6.79 Å². The van der Waals surface area contributed by atoms with Gasteiger partial charge in [-0.2, -0.15) is 0 Å². The van der Waals surface area contributed by atoms with Gasteiger partial charge in [-0.1, -0.05) is 24.3 Å². The summed E-state index contributed by atoms with van der Waals surface area (Å²) in [5, 5.41) is 18.6. The van der Waals surface area contributed by atoms with E-state index in [1.54, 1.807) is 30.3 Å². The van der Waals surface area contributed by atoms with E-state index in [1.165, 1.54) is 12.1 Å². The van der Waals surface area contributed by atoms with Crippen LogP contribution in [0.1, 0.15) is 5.56 Å². The fraction of sp³-hybridized carbons (Fsp3) is 0.188. The number of carbonyl (C=O) groups excluding carboxylic acids is 1. The van der Waals surface area contributed by atoms with Gasteiger partial charge < -0.3 is 25.4 Å². The van der Waals surface area contributed by atoms with Crippen molar-refractivity contribution in [3.63, 3.8) is 0 Å². The normalized spacial score (nSPS) is 11.7. The van der Waals surface area contributed by atoms with Gasteiger partial charge in [-0.3, -0.25) is 4.79 Å². The maximum absolute atomic E-state index is 11.8. The molecular weight excluding hydrogens is 286 g/mol. The van der Waals surface area contributed by atoms with E-state index >= 15 is 0 Å². The Morgan fingerprint density at radius 3 is 2.50 bits per heavy atom. The number of ether oxygens (including phenoxy) is 2. The molecule has 2 aromatic carbocycles. The summed E-state index contributed by atoms with van der Waals surface area (Å²) in [6, 6.07) is 12.3. The number of phenols is 2. The predicted molar refractivity (Wildman–Crippen MR) is 79.5 cm³/mol. The van der Waals surface area contributed by atoms with Crippen molar-refractivity contribution in [3.8, 4) is 17.2 Å². The molecule has 0 amide bonds. The van der Waals surface area contributed by atoms with Gasteiger partial charge >= 0.3 is 5.97 Å². The lowest BCUT2D eigenvalue weighted by molar-refractivity contribution is -0.151. The van der Waals surface area contributed by atoms with E-state index in [9.17, 15) is 15.0 Å². The average Bonchev–Trinajstić information content (AvgIpc) is 2.52. The first-order chi connectivity index (χ1) is 10.6. The third-order valence-corrected chi connectivity index (χ3v) is 2.97. The minimum absolute atomic E-state index is 0.179. The molecular formula is C16H17NO5. The van der Waals surface area contributed by atoms with Crippen LogP contribution in [0.2, 0.25) is 0 Å². The highest BCUT2D eigenvalue weighted by Gasteiger charge is 2.16. The topological polar surface area (TPSA) is 102 Å². The van der Waals surface area contributed by atoms with Crippen LogP contribution in [0.5, 0.6) is 17.2 Å². The molecule has 0 aliphatic heterocycles. The van der Waals surface area contributed by atoms with Crippen LogP contribution in [0.3, 0.4) is 0 Å². The molecule has 6 heteroatoms. The number of nitrogens with two attached hydrogens (primary N) is 1. The van der Waals surface area contributed by atoms with E-state index in [4.69, 9.17) is 15.2 Å². The van der Waals surface area contributed by atoms with Crippen LogP contribution in [0.25, 0.3) is 0 Å². The van der Waals surface area contributed by atoms with Gasteiger partial charge in [-0.25, -0.2) is 0 Å². The summed E-state index contributed by atoms with van der Waals surface area (Å²) in [7, 11) is 0. The lowest BCUT2D eigenvalue weighted by atomic mass is 10.1. The van der Waals surface area contributed by atoms with Crippen molar-refractivity contribution < 1.29 is 24.5 Å². The van der Waals surface area contributed by atoms with Gasteiger partial charge in [0.1, 0.15) is 11.8 Å². The second-order valence-electron chi connectivity index (χ2n) is 4.67. The van der Waals surface area contributed by atoms with Crippen LogP contribution < -0.4 is 10.5 Å². The van der Waals surface area contributed by atoms with Gasteiger partial charge in [0.05, 0.1) is 0 Å². The molecule has 0 aromatic heterocycles. The molecule has 4 N–H and O–H groups in total. The van der Waals surface area contributed by atoms with E-state index in [0.29, 0.717) is 11.3 Å². The highest BCUT2D eigenvalue weighted by atomic mass is 16.7. The number of hydrogen-bond acceptors (Lipinski definition) is 6. The van der Waals surface area contributed by atoms with E-state index in [2.05, 4.69) is 0 Å². The first kappa shape index (κ1) is 15.7. The minimum atomic E-state index is -0.886. The number of phenolic OH excluding ortho intramolecular Hbond substituents is 2. The number of hydrogen-bond donors (Lipinski definition) is 3. The maximum Gasteiger partial charge on any atom is 0.326 e. The van der Waals surface area contributed by atoms with Crippen molar-refractivity contribution in [2.24, 2.45) is 5.73 Å². The molecule has 2 rings (SSSR count). The molecule has 0 radical (unpaired) electrons. The number of para-hydroxylation sites is 1. The predicted octanol–water partition coefficient (Wildman–Crippen LogP) is 1.55. The Kier molecular flexibility index (Phi) is 5.21. The van der Waals surface area contributed by atoms with Crippen molar-refractivity contribution >= 4 is 5.97 Å². The van der Waals surface area contributed by atoms with Crippen LogP contribution in [0.15, 0.2) is 48.5 Å². The van der Waals surface area contributed by atoms with Crippen molar-refractivity contribution in [1.82, 2.24) is 0 Å². The van der Waals surface area contributed by atoms with Crippen molar-refractivity contribution in [2.45, 2.75) is 12.5 Å². The highest BCUT2D eigenvalue weighted by molar-refractivity contribution is 5.75. The number of carbonyl (C=O) groups is 1. The molecule has 0 aliphatic rings. The molecule has 116 valence electrons. The van der Waals surface area contributed by atoms with Gasteiger partial charge in [0.25, 0.3) is 0 Å². The molecule has 0 spiro atoms. The summed E-state index contributed by atoms with van der Waals surface area (Å²) in [4.78, 5) is 11.8. The lowest BCUT2D eigenvalue weighted by Gasteiger charge is -2.12. The molecule has 0 saturated carbocycles. The fourth-order valence-corrected chi connectivity index (χ4v) is 1.81. The Morgan fingerprint density at radius 2 is 1.82 bits per heavy atom. The lowest BCUT2D eigenvalue weighted by Crippen LogP contribution is -2.35. The third kappa shape index (κ3) is 4.39. The molecule has 0 heterocycles. The molecule has 0 bridgehead atoms. The third-order valence-electron chi connectivity index (χ3n) is 2.97. The summed E-state index contributed by atoms with van der Waals surface area (Å²) in [6.45, 7) is -0.225. The van der Waals surface area contributed by atoms with Crippen LogP contribution in [-0.2, 0) is 16.0 Å². The summed E-state index contributed by atoms with van der Waals surface area (Å²) >= 11 is 0. The summed E-state index contributed by atoms with van der Waals surface area (Å²) in [6.07, 6.45) is 0.179. The molecule has 0 fully saturated rings. The Morgan fingerprint density at radius 1 is 1.09 bits per heavy atom. The average molecular weight is 303 g/mol. The monoisotopic (exact) mass is 303 g/mol. The molecule has 2 aromatic rings. The molecule has 0 aliphatic carbocycles. The second kappa shape index (κ2) is 7.33. The largest absolute Gasteiger partial charge is 0.504 e. The number of benzene rings is 2. The molecule has 1 atom stereocenters. The van der Waals surface area contributed by atoms with Crippen molar-refractivity contribution in [3.05, 3.63) is 54.1 Å². The fourth-order valence-electron chi connectivity index (χ4n) is 1.81. The first-order valence-electron chi connectivity index (χ1n) is 6.67. The van der Waals surface area contributed by atoms with E-state index in [-0.39, 0.29) is 24.7 Å². The van der Waals surface area contributed by atoms with Gasteiger partial charge in [-0.15, -0.1) is 0 Å². The smallest absolute Gasteiger partial charge is 0.326 e. The Labute approximate surface area is 127 Å². The Bertz CT molecular complexity index is 630. The summed E-state index contributed by atoms with van der Waals surface area (Å²) in [5.74, 6) is -0.502. The SMILES string of the molecule is N[C@@H](Cc1ccc(O)c(O)c1)C(=O)OCOc1ccccc1. The number of rotatable bonds is 6. The maximum atomic E-state index is 11.8. The van der Waals surface area contributed by atoms with E-state index < -0.39 is 12.0 Å². The molecule has 0 saturated heterocycles. The van der Waals surface area contributed by atoms with Crippen LogP contribution in [0, 0.1) is 0 Å². The molecule has 22 heavy (non-hydrogen) atoms. The Balaban J connectivity index is 1.80. The van der Waals surface area contributed by atoms with Crippen molar-refractivity contribution in [1.29, 1.82) is 0 Å². The number of aromatic hydroxyl groups is 2. The standard InChI is InChI=1S/C16H17NO5/c17-13(8-11-6-7-14(18)15(19)9-11)16(20)22-10-21-12-4-2-1-3-5-12/h1-7,9,13,18-19H,8,10,17H2/t13-/m0/s1.